The molecule has 2 aromatic heterocycles. The number of nitrogens with one attached hydrogen (secondary N) is 1. The highest BCUT2D eigenvalue weighted by Gasteiger charge is 2.01. The van der Waals surface area contributed by atoms with Gasteiger partial charge in [0.25, 0.3) is 0 Å². The zero-order valence-electron chi connectivity index (χ0n) is 9.11. The molecule has 0 aromatic carbocycles. The molecule has 2 heterocycles. The van der Waals surface area contributed by atoms with Gasteiger partial charge in [-0.05, 0) is 33.4 Å². The fourth-order valence-corrected chi connectivity index (χ4v) is 2.93. The number of halogens is 1. The van der Waals surface area contributed by atoms with E-state index in [1.54, 1.807) is 11.3 Å². The van der Waals surface area contributed by atoms with E-state index in [9.17, 15) is 0 Å². The largest absolute Gasteiger partial charge is 0.311 e. The average molecular weight is 300 g/mol. The summed E-state index contributed by atoms with van der Waals surface area (Å²) in [5.74, 6) is 0. The zero-order valence-corrected chi connectivity index (χ0v) is 11.5. The SMILES string of the molecule is Cn1ccc(CCNCc2sccc2Br)n1. The number of thiophene rings is 1. The van der Waals surface area contributed by atoms with E-state index in [1.165, 1.54) is 9.35 Å². The number of aromatic nitrogens is 2. The molecular weight excluding hydrogens is 286 g/mol. The van der Waals surface area contributed by atoms with Gasteiger partial charge in [-0.3, -0.25) is 4.68 Å². The van der Waals surface area contributed by atoms with Crippen molar-refractivity contribution in [1.82, 2.24) is 15.1 Å². The molecule has 0 saturated carbocycles. The summed E-state index contributed by atoms with van der Waals surface area (Å²) in [6.45, 7) is 1.88. The monoisotopic (exact) mass is 299 g/mol. The molecule has 0 unspecified atom stereocenters. The topological polar surface area (TPSA) is 29.9 Å². The van der Waals surface area contributed by atoms with Crippen molar-refractivity contribution in [2.75, 3.05) is 6.54 Å². The number of aryl methyl sites for hydroxylation is 1. The van der Waals surface area contributed by atoms with Gasteiger partial charge in [-0.1, -0.05) is 0 Å². The van der Waals surface area contributed by atoms with Crippen molar-refractivity contribution >= 4 is 27.3 Å². The third kappa shape index (κ3) is 3.17. The minimum Gasteiger partial charge on any atom is -0.311 e. The van der Waals surface area contributed by atoms with Gasteiger partial charge in [-0.25, -0.2) is 0 Å². The van der Waals surface area contributed by atoms with Crippen LogP contribution in [-0.2, 0) is 20.0 Å². The third-order valence-corrected chi connectivity index (χ3v) is 4.23. The van der Waals surface area contributed by atoms with Crippen LogP contribution in [0.3, 0.4) is 0 Å². The molecule has 1 N–H and O–H groups in total. The minimum absolute atomic E-state index is 0.922. The summed E-state index contributed by atoms with van der Waals surface area (Å²) in [7, 11) is 1.94. The van der Waals surface area contributed by atoms with Gasteiger partial charge in [0.1, 0.15) is 0 Å². The lowest BCUT2D eigenvalue weighted by molar-refractivity contribution is 0.669. The summed E-state index contributed by atoms with van der Waals surface area (Å²) in [4.78, 5) is 1.35. The van der Waals surface area contributed by atoms with Crippen LogP contribution in [0.5, 0.6) is 0 Å². The Morgan fingerprint density at radius 2 is 2.38 bits per heavy atom. The molecule has 16 heavy (non-hydrogen) atoms. The lowest BCUT2D eigenvalue weighted by atomic mass is 10.3. The molecule has 0 amide bonds. The summed E-state index contributed by atoms with van der Waals surface area (Å²) in [5, 5.41) is 9.85. The maximum atomic E-state index is 4.33. The van der Waals surface area contributed by atoms with Gasteiger partial charge in [-0.15, -0.1) is 11.3 Å². The summed E-state index contributed by atoms with van der Waals surface area (Å²) >= 11 is 5.29. The van der Waals surface area contributed by atoms with Crippen molar-refractivity contribution in [1.29, 1.82) is 0 Å². The summed E-state index contributed by atoms with van der Waals surface area (Å²) in [6, 6.07) is 4.14. The van der Waals surface area contributed by atoms with Crippen LogP contribution < -0.4 is 5.32 Å². The number of hydrogen-bond donors (Lipinski definition) is 1. The van der Waals surface area contributed by atoms with Crippen LogP contribution in [-0.4, -0.2) is 16.3 Å². The standard InChI is InChI=1S/C11H14BrN3S/c1-15-6-3-9(14-15)2-5-13-8-11-10(12)4-7-16-11/h3-4,6-7,13H,2,5,8H2,1H3. The van der Waals surface area contributed by atoms with Crippen molar-refractivity contribution in [2.45, 2.75) is 13.0 Å². The first kappa shape index (κ1) is 11.8. The molecule has 0 aliphatic rings. The number of nitrogens with zero attached hydrogens (tertiary/aromatic N) is 2. The van der Waals surface area contributed by atoms with Gasteiger partial charge < -0.3 is 5.32 Å². The third-order valence-electron chi connectivity index (χ3n) is 2.30. The predicted molar refractivity (Wildman–Crippen MR) is 70.6 cm³/mol. The van der Waals surface area contributed by atoms with Crippen LogP contribution in [0.15, 0.2) is 28.2 Å². The Hall–Kier alpha value is -0.650. The van der Waals surface area contributed by atoms with Crippen molar-refractivity contribution in [3.8, 4) is 0 Å². The van der Waals surface area contributed by atoms with Crippen LogP contribution in [0.1, 0.15) is 10.6 Å². The smallest absolute Gasteiger partial charge is 0.0637 e. The minimum atomic E-state index is 0.922. The molecular formula is C11H14BrN3S. The van der Waals surface area contributed by atoms with Crippen molar-refractivity contribution < 1.29 is 0 Å². The quantitative estimate of drug-likeness (QED) is 0.860. The maximum Gasteiger partial charge on any atom is 0.0637 e. The van der Waals surface area contributed by atoms with E-state index in [-0.39, 0.29) is 0 Å². The Bertz CT molecular complexity index is 450. The summed E-state index contributed by atoms with van der Waals surface area (Å²) < 4.78 is 3.04. The van der Waals surface area contributed by atoms with E-state index < -0.39 is 0 Å². The van der Waals surface area contributed by atoms with Crippen LogP contribution >= 0.6 is 27.3 Å². The van der Waals surface area contributed by atoms with Crippen LogP contribution in [0.4, 0.5) is 0 Å². The van der Waals surface area contributed by atoms with Crippen LogP contribution in [0.2, 0.25) is 0 Å². The van der Waals surface area contributed by atoms with Crippen molar-refractivity contribution in [3.05, 3.63) is 38.8 Å². The van der Waals surface area contributed by atoms with E-state index >= 15 is 0 Å². The Morgan fingerprint density at radius 1 is 1.50 bits per heavy atom. The Labute approximate surface area is 108 Å². The maximum absolute atomic E-state index is 4.33. The molecule has 0 bridgehead atoms. The number of rotatable bonds is 5. The molecule has 2 rings (SSSR count). The van der Waals surface area contributed by atoms with Gasteiger partial charge in [0.05, 0.1) is 5.69 Å². The van der Waals surface area contributed by atoms with E-state index in [0.29, 0.717) is 0 Å². The zero-order chi connectivity index (χ0) is 11.4. The van der Waals surface area contributed by atoms with Gasteiger partial charge in [-0.2, -0.15) is 5.10 Å². The molecule has 0 aliphatic carbocycles. The summed E-state index contributed by atoms with van der Waals surface area (Å²) in [5.41, 5.74) is 1.14. The molecule has 0 fully saturated rings. The highest BCUT2D eigenvalue weighted by atomic mass is 79.9. The first-order chi connectivity index (χ1) is 7.75. The van der Waals surface area contributed by atoms with E-state index in [2.05, 4.69) is 43.9 Å². The van der Waals surface area contributed by atoms with Gasteiger partial charge in [0.15, 0.2) is 0 Å². The summed E-state index contributed by atoms with van der Waals surface area (Å²) in [6.07, 6.45) is 2.95. The van der Waals surface area contributed by atoms with Crippen molar-refractivity contribution in [2.24, 2.45) is 7.05 Å². The van der Waals surface area contributed by atoms with E-state index in [4.69, 9.17) is 0 Å². The van der Waals surface area contributed by atoms with Crippen LogP contribution in [0.25, 0.3) is 0 Å². The first-order valence-electron chi connectivity index (χ1n) is 5.17. The fourth-order valence-electron chi connectivity index (χ4n) is 1.47. The predicted octanol–water partition coefficient (Wildman–Crippen LogP) is 2.58. The first-order valence-corrected chi connectivity index (χ1v) is 6.84. The van der Waals surface area contributed by atoms with Crippen molar-refractivity contribution in [3.63, 3.8) is 0 Å². The Kier molecular flexibility index (Phi) is 4.15. The molecule has 0 aliphatic heterocycles. The molecule has 0 atom stereocenters. The molecule has 3 nitrogen and oxygen atoms in total. The van der Waals surface area contributed by atoms with Crippen LogP contribution in [0, 0.1) is 0 Å². The van der Waals surface area contributed by atoms with Gasteiger partial charge in [0.2, 0.25) is 0 Å². The highest BCUT2D eigenvalue weighted by molar-refractivity contribution is 9.10. The average Bonchev–Trinajstić information content (AvgIpc) is 2.83. The van der Waals surface area contributed by atoms with Gasteiger partial charge >= 0.3 is 0 Å². The fraction of sp³-hybridized carbons (Fsp3) is 0.364. The molecule has 0 spiro atoms. The highest BCUT2D eigenvalue weighted by Crippen LogP contribution is 2.21. The second-order valence-corrected chi connectivity index (χ2v) is 5.45. The molecule has 0 radical (unpaired) electrons. The lowest BCUT2D eigenvalue weighted by Gasteiger charge is -2.01. The second-order valence-electron chi connectivity index (χ2n) is 3.60. The lowest BCUT2D eigenvalue weighted by Crippen LogP contribution is -2.16. The normalized spacial score (nSPS) is 10.9. The van der Waals surface area contributed by atoms with E-state index in [0.717, 1.165) is 25.2 Å². The van der Waals surface area contributed by atoms with E-state index in [1.807, 2.05) is 17.9 Å². The Balaban J connectivity index is 1.71. The molecule has 2 aromatic rings. The number of hydrogen-bond acceptors (Lipinski definition) is 3. The second kappa shape index (κ2) is 5.61. The molecule has 86 valence electrons. The molecule has 0 saturated heterocycles. The Morgan fingerprint density at radius 3 is 3.00 bits per heavy atom. The van der Waals surface area contributed by atoms with Gasteiger partial charge in [0, 0.05) is 42.1 Å². The molecule has 5 heteroatoms.